The predicted octanol–water partition coefficient (Wildman–Crippen LogP) is 3.56. The van der Waals surface area contributed by atoms with E-state index in [1.165, 1.54) is 0 Å². The van der Waals surface area contributed by atoms with Gasteiger partial charge in [0.1, 0.15) is 5.82 Å². The van der Waals surface area contributed by atoms with Gasteiger partial charge < -0.3 is 10.0 Å². The van der Waals surface area contributed by atoms with E-state index in [-0.39, 0.29) is 18.0 Å². The van der Waals surface area contributed by atoms with Crippen LogP contribution in [0.2, 0.25) is 0 Å². The molecule has 150 valence electrons. The molecule has 0 radical (unpaired) electrons. The van der Waals surface area contributed by atoms with Crippen molar-refractivity contribution in [3.05, 3.63) is 47.7 Å². The van der Waals surface area contributed by atoms with Gasteiger partial charge in [0, 0.05) is 24.6 Å². The molecule has 1 unspecified atom stereocenters. The lowest BCUT2D eigenvalue weighted by atomic mass is 9.90. The summed E-state index contributed by atoms with van der Waals surface area (Å²) >= 11 is 0. The molecule has 0 spiro atoms. The molecule has 1 fully saturated rings. The summed E-state index contributed by atoms with van der Waals surface area (Å²) in [6, 6.07) is 11.5. The normalized spacial score (nSPS) is 19.6. The lowest BCUT2D eigenvalue weighted by Crippen LogP contribution is -2.37. The number of hydrogen-bond acceptors (Lipinski definition) is 3. The molecule has 1 aliphatic rings. The second-order valence-corrected chi connectivity index (χ2v) is 8.78. The van der Waals surface area contributed by atoms with Gasteiger partial charge >= 0.3 is 12.0 Å². The summed E-state index contributed by atoms with van der Waals surface area (Å²) in [6.45, 7) is 9.08. The van der Waals surface area contributed by atoms with Gasteiger partial charge in [-0.2, -0.15) is 5.10 Å². The maximum absolute atomic E-state index is 12.8. The Kier molecular flexibility index (Phi) is 5.19. The number of likely N-dealkylation sites (tertiary alicyclic amines) is 1. The Bertz CT molecular complexity index is 870. The van der Waals surface area contributed by atoms with Gasteiger partial charge in [-0.25, -0.2) is 9.48 Å². The number of urea groups is 1. The molecule has 1 aromatic carbocycles. The first kappa shape index (κ1) is 19.9. The van der Waals surface area contributed by atoms with Crippen molar-refractivity contribution in [1.82, 2.24) is 14.7 Å². The Labute approximate surface area is 165 Å². The zero-order chi connectivity index (χ0) is 20.5. The Hall–Kier alpha value is -2.83. The lowest BCUT2D eigenvalue weighted by Gasteiger charge is -2.20. The molecule has 0 aliphatic carbocycles. The molecule has 7 nitrogen and oxygen atoms in total. The van der Waals surface area contributed by atoms with Gasteiger partial charge in [0.2, 0.25) is 0 Å². The average molecular weight is 384 g/mol. The van der Waals surface area contributed by atoms with E-state index in [4.69, 9.17) is 5.10 Å². The first-order valence-electron chi connectivity index (χ1n) is 9.50. The fourth-order valence-electron chi connectivity index (χ4n) is 3.26. The number of carboxylic acid groups (broad SMARTS) is 1. The minimum Gasteiger partial charge on any atom is -0.481 e. The molecule has 1 saturated heterocycles. The van der Waals surface area contributed by atoms with E-state index in [1.54, 1.807) is 16.5 Å². The van der Waals surface area contributed by atoms with Crippen molar-refractivity contribution in [3.63, 3.8) is 0 Å². The van der Waals surface area contributed by atoms with Crippen molar-refractivity contribution in [2.24, 2.45) is 5.41 Å². The highest BCUT2D eigenvalue weighted by atomic mass is 16.4. The maximum Gasteiger partial charge on any atom is 0.323 e. The highest BCUT2D eigenvalue weighted by molar-refractivity contribution is 5.89. The van der Waals surface area contributed by atoms with Crippen LogP contribution in [0, 0.1) is 5.41 Å². The number of benzene rings is 1. The first-order chi connectivity index (χ1) is 13.1. The zero-order valence-corrected chi connectivity index (χ0v) is 16.9. The van der Waals surface area contributed by atoms with Gasteiger partial charge in [0.15, 0.2) is 0 Å². The van der Waals surface area contributed by atoms with Crippen molar-refractivity contribution in [3.8, 4) is 0 Å². The third-order valence-corrected chi connectivity index (χ3v) is 5.24. The molecule has 2 N–H and O–H groups in total. The molecule has 7 heteroatoms. The maximum atomic E-state index is 12.8. The SMILES string of the molecule is CC1(C(=O)O)CCN(C(=O)Nc2cc(C(C)(C)C)nn2Cc2ccccc2)C1. The standard InChI is InChI=1S/C21H28N4O3/c1-20(2,3)16-12-17(25(23-16)13-15-8-6-5-7-9-15)22-19(28)24-11-10-21(4,14-24)18(26)27/h5-9,12H,10-11,13-14H2,1-4H3,(H,22,28)(H,26,27). The molecule has 1 atom stereocenters. The van der Waals surface area contributed by atoms with Crippen LogP contribution in [0.3, 0.4) is 0 Å². The number of carbonyl (C=O) groups is 2. The minimum atomic E-state index is -0.891. The van der Waals surface area contributed by atoms with Crippen molar-refractivity contribution >= 4 is 17.8 Å². The number of aliphatic carboxylic acids is 1. The first-order valence-corrected chi connectivity index (χ1v) is 9.50. The fourth-order valence-corrected chi connectivity index (χ4v) is 3.26. The second kappa shape index (κ2) is 7.30. The Balaban J connectivity index is 1.81. The number of rotatable bonds is 4. The summed E-state index contributed by atoms with van der Waals surface area (Å²) in [5, 5.41) is 17.0. The van der Waals surface area contributed by atoms with Crippen LogP contribution in [0.15, 0.2) is 36.4 Å². The number of carbonyl (C=O) groups excluding carboxylic acids is 1. The summed E-state index contributed by atoms with van der Waals surface area (Å²) in [4.78, 5) is 25.8. The van der Waals surface area contributed by atoms with Crippen LogP contribution < -0.4 is 5.32 Å². The number of amides is 2. The molecular weight excluding hydrogens is 356 g/mol. The summed E-state index contributed by atoms with van der Waals surface area (Å²) in [7, 11) is 0. The Morgan fingerprint density at radius 2 is 1.93 bits per heavy atom. The van der Waals surface area contributed by atoms with Crippen molar-refractivity contribution in [2.75, 3.05) is 18.4 Å². The van der Waals surface area contributed by atoms with E-state index in [0.29, 0.717) is 25.3 Å². The van der Waals surface area contributed by atoms with Crippen molar-refractivity contribution in [2.45, 2.75) is 46.1 Å². The van der Waals surface area contributed by atoms with Crippen LogP contribution in [-0.4, -0.2) is 44.9 Å². The van der Waals surface area contributed by atoms with Crippen LogP contribution in [0.1, 0.15) is 45.4 Å². The number of nitrogens with one attached hydrogen (secondary N) is 1. The van der Waals surface area contributed by atoms with Crippen molar-refractivity contribution < 1.29 is 14.7 Å². The van der Waals surface area contributed by atoms with Gasteiger partial charge in [-0.3, -0.25) is 10.1 Å². The Morgan fingerprint density at radius 3 is 2.50 bits per heavy atom. The molecule has 1 aliphatic heterocycles. The van der Waals surface area contributed by atoms with Gasteiger partial charge in [-0.15, -0.1) is 0 Å². The number of anilines is 1. The molecule has 2 heterocycles. The third kappa shape index (κ3) is 4.18. The number of nitrogens with zero attached hydrogens (tertiary/aromatic N) is 3. The molecule has 0 saturated carbocycles. The zero-order valence-electron chi connectivity index (χ0n) is 16.9. The van der Waals surface area contributed by atoms with E-state index in [9.17, 15) is 14.7 Å². The molecule has 1 aromatic heterocycles. The third-order valence-electron chi connectivity index (χ3n) is 5.24. The van der Waals surface area contributed by atoms with E-state index in [2.05, 4.69) is 26.1 Å². The summed E-state index contributed by atoms with van der Waals surface area (Å²) in [5.41, 5.74) is 0.923. The van der Waals surface area contributed by atoms with Gasteiger partial charge in [-0.1, -0.05) is 51.1 Å². The summed E-state index contributed by atoms with van der Waals surface area (Å²) < 4.78 is 1.79. The molecule has 28 heavy (non-hydrogen) atoms. The topological polar surface area (TPSA) is 87.5 Å². The van der Waals surface area contributed by atoms with E-state index < -0.39 is 11.4 Å². The van der Waals surface area contributed by atoms with Crippen LogP contribution in [0.25, 0.3) is 0 Å². The van der Waals surface area contributed by atoms with E-state index >= 15 is 0 Å². The quantitative estimate of drug-likeness (QED) is 0.844. The molecule has 2 amide bonds. The van der Waals surface area contributed by atoms with Crippen LogP contribution in [0.5, 0.6) is 0 Å². The minimum absolute atomic E-state index is 0.156. The lowest BCUT2D eigenvalue weighted by molar-refractivity contribution is -0.146. The number of carboxylic acids is 1. The van der Waals surface area contributed by atoms with Gasteiger partial charge in [0.25, 0.3) is 0 Å². The highest BCUT2D eigenvalue weighted by Crippen LogP contribution is 2.31. The average Bonchev–Trinajstić information content (AvgIpc) is 3.21. The van der Waals surface area contributed by atoms with Crippen LogP contribution in [0.4, 0.5) is 10.6 Å². The monoisotopic (exact) mass is 384 g/mol. The van der Waals surface area contributed by atoms with Gasteiger partial charge in [-0.05, 0) is 18.9 Å². The second-order valence-electron chi connectivity index (χ2n) is 8.78. The van der Waals surface area contributed by atoms with Crippen molar-refractivity contribution in [1.29, 1.82) is 0 Å². The number of hydrogen-bond donors (Lipinski definition) is 2. The number of aromatic nitrogens is 2. The van der Waals surface area contributed by atoms with Crippen LogP contribution >= 0.6 is 0 Å². The molecule has 0 bridgehead atoms. The molecular formula is C21H28N4O3. The predicted molar refractivity (Wildman–Crippen MR) is 107 cm³/mol. The summed E-state index contributed by atoms with van der Waals surface area (Å²) in [6.07, 6.45) is 0.451. The largest absolute Gasteiger partial charge is 0.481 e. The highest BCUT2D eigenvalue weighted by Gasteiger charge is 2.42. The molecule has 3 rings (SSSR count). The smallest absolute Gasteiger partial charge is 0.323 e. The van der Waals surface area contributed by atoms with Crippen LogP contribution in [-0.2, 0) is 16.8 Å². The Morgan fingerprint density at radius 1 is 1.25 bits per heavy atom. The van der Waals surface area contributed by atoms with E-state index in [1.807, 2.05) is 36.4 Å². The fraction of sp³-hybridized carbons (Fsp3) is 0.476. The molecule has 2 aromatic rings. The van der Waals surface area contributed by atoms with Gasteiger partial charge in [0.05, 0.1) is 17.7 Å². The summed E-state index contributed by atoms with van der Waals surface area (Å²) in [5.74, 6) is -0.255. The van der Waals surface area contributed by atoms with E-state index in [0.717, 1.165) is 11.3 Å².